The number of ether oxygens (including phenoxy) is 3. The van der Waals surface area contributed by atoms with Gasteiger partial charge < -0.3 is 14.2 Å². The van der Waals surface area contributed by atoms with Crippen molar-refractivity contribution in [3.8, 4) is 0 Å². The van der Waals surface area contributed by atoms with E-state index in [9.17, 15) is 14.4 Å². The maximum absolute atomic E-state index is 12.9. The van der Waals surface area contributed by atoms with Crippen LogP contribution in [0.1, 0.15) is 329 Å². The number of hydrogen-bond acceptors (Lipinski definition) is 6. The Hall–Kier alpha value is -3.93. The van der Waals surface area contributed by atoms with Gasteiger partial charge in [0.15, 0.2) is 6.10 Å². The largest absolute Gasteiger partial charge is 0.462 e. The molecular weight excluding hydrogens is 997 g/mol. The highest BCUT2D eigenvalue weighted by Gasteiger charge is 2.19. The molecule has 6 heteroatoms. The van der Waals surface area contributed by atoms with Gasteiger partial charge in [-0.05, 0) is 122 Å². The van der Waals surface area contributed by atoms with Gasteiger partial charge in [-0.3, -0.25) is 14.4 Å². The van der Waals surface area contributed by atoms with Gasteiger partial charge in [0.05, 0.1) is 0 Å². The molecule has 464 valence electrons. The molecule has 0 radical (unpaired) electrons. The highest BCUT2D eigenvalue weighted by molar-refractivity contribution is 5.71. The lowest BCUT2D eigenvalue weighted by Gasteiger charge is -2.18. The first kappa shape index (κ1) is 77.1. The van der Waals surface area contributed by atoms with Gasteiger partial charge >= 0.3 is 17.9 Å². The second-order valence-corrected chi connectivity index (χ2v) is 22.7. The Morgan fingerprint density at radius 3 is 0.802 bits per heavy atom. The number of rotatable bonds is 62. The summed E-state index contributed by atoms with van der Waals surface area (Å²) in [5.41, 5.74) is 0. The average molecular weight is 1130 g/mol. The highest BCUT2D eigenvalue weighted by Crippen LogP contribution is 2.16. The molecule has 0 amide bonds. The SMILES string of the molecule is CC/C=C\C/C=C\C/C=C\C/C=C\C/C=C\C/C=C\CCCCCCCCCCCCCCC(=O)OCC(COC(=O)CCCCCCC/C=C\CCCC)OC(=O)CCCCCCCCCCC/C=C\C/C=C\CCCCCCC. The van der Waals surface area contributed by atoms with Gasteiger partial charge in [-0.2, -0.15) is 0 Å². The fourth-order valence-electron chi connectivity index (χ4n) is 9.58. The molecule has 0 fully saturated rings. The van der Waals surface area contributed by atoms with E-state index in [0.717, 1.165) is 109 Å². The summed E-state index contributed by atoms with van der Waals surface area (Å²) in [6.07, 6.45) is 94.0. The normalized spacial score (nSPS) is 12.8. The van der Waals surface area contributed by atoms with Crippen LogP contribution in [0.4, 0.5) is 0 Å². The van der Waals surface area contributed by atoms with Crippen LogP contribution in [0.5, 0.6) is 0 Å². The zero-order valence-electron chi connectivity index (χ0n) is 53.3. The Morgan fingerprint density at radius 2 is 0.494 bits per heavy atom. The van der Waals surface area contributed by atoms with Crippen molar-refractivity contribution in [1.29, 1.82) is 0 Å². The van der Waals surface area contributed by atoms with E-state index in [0.29, 0.717) is 19.3 Å². The van der Waals surface area contributed by atoms with E-state index in [1.165, 1.54) is 180 Å². The van der Waals surface area contributed by atoms with E-state index in [1.54, 1.807) is 0 Å². The third-order valence-electron chi connectivity index (χ3n) is 14.7. The summed E-state index contributed by atoms with van der Waals surface area (Å²) >= 11 is 0. The van der Waals surface area contributed by atoms with E-state index >= 15 is 0 Å². The van der Waals surface area contributed by atoms with E-state index < -0.39 is 6.10 Å². The highest BCUT2D eigenvalue weighted by atomic mass is 16.6. The van der Waals surface area contributed by atoms with Crippen molar-refractivity contribution < 1.29 is 28.6 Å². The molecule has 0 aliphatic carbocycles. The quantitative estimate of drug-likeness (QED) is 0.0261. The fourth-order valence-corrected chi connectivity index (χ4v) is 9.58. The molecule has 0 aromatic heterocycles. The molecule has 1 unspecified atom stereocenters. The molecule has 0 rings (SSSR count). The minimum absolute atomic E-state index is 0.0822. The maximum Gasteiger partial charge on any atom is 0.306 e. The summed E-state index contributed by atoms with van der Waals surface area (Å²) in [6.45, 7) is 6.49. The van der Waals surface area contributed by atoms with E-state index in [2.05, 4.69) is 130 Å². The van der Waals surface area contributed by atoms with Crippen molar-refractivity contribution in [2.24, 2.45) is 0 Å². The predicted molar refractivity (Wildman–Crippen MR) is 353 cm³/mol. The predicted octanol–water partition coefficient (Wildman–Crippen LogP) is 23.8. The van der Waals surface area contributed by atoms with Crippen LogP contribution in [-0.2, 0) is 28.6 Å². The lowest BCUT2D eigenvalue weighted by atomic mass is 10.0. The van der Waals surface area contributed by atoms with Crippen LogP contribution >= 0.6 is 0 Å². The Labute approximate surface area is 501 Å². The topological polar surface area (TPSA) is 78.9 Å². The minimum Gasteiger partial charge on any atom is -0.462 e. The van der Waals surface area contributed by atoms with E-state index in [4.69, 9.17) is 14.2 Å². The molecule has 1 atom stereocenters. The molecule has 0 aromatic carbocycles. The summed E-state index contributed by atoms with van der Waals surface area (Å²) in [7, 11) is 0. The molecule has 0 aromatic rings. The number of unbranched alkanes of at least 4 members (excludes halogenated alkanes) is 33. The van der Waals surface area contributed by atoms with E-state index in [1.807, 2.05) is 0 Å². The van der Waals surface area contributed by atoms with Crippen molar-refractivity contribution in [3.05, 3.63) is 109 Å². The summed E-state index contributed by atoms with van der Waals surface area (Å²) in [5, 5.41) is 0. The molecule has 0 saturated heterocycles. The van der Waals surface area contributed by atoms with Gasteiger partial charge in [0, 0.05) is 19.3 Å². The zero-order chi connectivity index (χ0) is 58.5. The average Bonchev–Trinajstić information content (AvgIpc) is 3.47. The van der Waals surface area contributed by atoms with Gasteiger partial charge in [-0.25, -0.2) is 0 Å². The number of esters is 3. The minimum atomic E-state index is -0.786. The summed E-state index contributed by atoms with van der Waals surface area (Å²) < 4.78 is 16.9. The second-order valence-electron chi connectivity index (χ2n) is 22.7. The standard InChI is InChI=1S/C75H128O6/c1-4-7-10-13-16-19-22-24-26-28-30-32-33-34-35-36-37-38-39-40-41-43-44-46-48-50-53-56-59-62-65-68-74(77)80-71-72(70-79-73(76)67-64-61-58-55-52-21-18-15-12-9-6-3)81-75(78)69-66-63-60-57-54-51-49-47-45-42-31-29-27-25-23-20-17-14-11-8-5-2/h7,10,15-16,18-19,23-26,29-32,34-35,37-38,72H,4-6,8-9,11-14,17,20-22,27-28,33,36,39-71H2,1-3H3/b10-7-,18-15-,19-16-,25-23-,26-24-,31-29-,32-30-,35-34-,38-37-. The number of hydrogen-bond donors (Lipinski definition) is 0. The number of allylic oxidation sites excluding steroid dienone is 18. The summed E-state index contributed by atoms with van der Waals surface area (Å²) in [4.78, 5) is 38.3. The van der Waals surface area contributed by atoms with Crippen molar-refractivity contribution >= 4 is 17.9 Å². The first-order valence-electron chi connectivity index (χ1n) is 34.4. The van der Waals surface area contributed by atoms with Gasteiger partial charge in [-0.15, -0.1) is 0 Å². The van der Waals surface area contributed by atoms with Gasteiger partial charge in [-0.1, -0.05) is 297 Å². The Kier molecular flexibility index (Phi) is 65.2. The Bertz CT molecular complexity index is 1620. The molecule has 0 aliphatic rings. The molecule has 0 heterocycles. The Morgan fingerprint density at radius 1 is 0.259 bits per heavy atom. The first-order chi connectivity index (χ1) is 40.0. The number of carbonyl (C=O) groups is 3. The van der Waals surface area contributed by atoms with Crippen LogP contribution in [0, 0.1) is 0 Å². The molecule has 0 spiro atoms. The van der Waals surface area contributed by atoms with Crippen molar-refractivity contribution in [2.45, 2.75) is 335 Å². The molecule has 0 aliphatic heterocycles. The van der Waals surface area contributed by atoms with Crippen molar-refractivity contribution in [2.75, 3.05) is 13.2 Å². The molecule has 0 bridgehead atoms. The van der Waals surface area contributed by atoms with Gasteiger partial charge in [0.25, 0.3) is 0 Å². The van der Waals surface area contributed by atoms with Crippen LogP contribution < -0.4 is 0 Å². The van der Waals surface area contributed by atoms with E-state index in [-0.39, 0.29) is 31.1 Å². The summed E-state index contributed by atoms with van der Waals surface area (Å²) in [5.74, 6) is -0.888. The smallest absolute Gasteiger partial charge is 0.306 e. The van der Waals surface area contributed by atoms with Crippen molar-refractivity contribution in [3.63, 3.8) is 0 Å². The maximum atomic E-state index is 12.9. The first-order valence-corrected chi connectivity index (χ1v) is 34.4. The molecular formula is C75H128O6. The summed E-state index contributed by atoms with van der Waals surface area (Å²) in [6, 6.07) is 0. The van der Waals surface area contributed by atoms with Crippen molar-refractivity contribution in [1.82, 2.24) is 0 Å². The molecule has 6 nitrogen and oxygen atoms in total. The lowest BCUT2D eigenvalue weighted by Crippen LogP contribution is -2.30. The van der Waals surface area contributed by atoms with Gasteiger partial charge in [0.1, 0.15) is 13.2 Å². The second kappa shape index (κ2) is 68.6. The third kappa shape index (κ3) is 66.8. The van der Waals surface area contributed by atoms with Crippen LogP contribution in [0.2, 0.25) is 0 Å². The molecule has 0 N–H and O–H groups in total. The molecule has 0 saturated carbocycles. The lowest BCUT2D eigenvalue weighted by molar-refractivity contribution is -0.167. The number of carbonyl (C=O) groups excluding carboxylic acids is 3. The van der Waals surface area contributed by atoms with Crippen LogP contribution in [0.15, 0.2) is 109 Å². The van der Waals surface area contributed by atoms with Crippen LogP contribution in [-0.4, -0.2) is 37.2 Å². The van der Waals surface area contributed by atoms with Gasteiger partial charge in [0.2, 0.25) is 0 Å². The van der Waals surface area contributed by atoms with Crippen LogP contribution in [0.25, 0.3) is 0 Å². The van der Waals surface area contributed by atoms with Crippen LogP contribution in [0.3, 0.4) is 0 Å². The third-order valence-corrected chi connectivity index (χ3v) is 14.7. The molecule has 81 heavy (non-hydrogen) atoms. The zero-order valence-corrected chi connectivity index (χ0v) is 53.3. The Balaban J connectivity index is 4.23. The fraction of sp³-hybridized carbons (Fsp3) is 0.720. The monoisotopic (exact) mass is 1120 g/mol.